The molecule has 2 amide bonds. The molecule has 0 radical (unpaired) electrons. The first-order valence-corrected chi connectivity index (χ1v) is 11.2. The van der Waals surface area contributed by atoms with E-state index in [1.165, 1.54) is 0 Å². The molecule has 0 spiro atoms. The van der Waals surface area contributed by atoms with Gasteiger partial charge in [0.2, 0.25) is 5.91 Å². The van der Waals surface area contributed by atoms with E-state index < -0.39 is 17.8 Å². The summed E-state index contributed by atoms with van der Waals surface area (Å²) in [6.45, 7) is 4.81. The van der Waals surface area contributed by atoms with Crippen LogP contribution in [0, 0.1) is 0 Å². The fourth-order valence-electron chi connectivity index (χ4n) is 3.89. The molecule has 1 aliphatic heterocycles. The van der Waals surface area contributed by atoms with Gasteiger partial charge in [-0.2, -0.15) is 0 Å². The molecule has 3 rings (SSSR count). The summed E-state index contributed by atoms with van der Waals surface area (Å²) in [6.07, 6.45) is 1.90. The summed E-state index contributed by atoms with van der Waals surface area (Å²) < 4.78 is 10.2. The van der Waals surface area contributed by atoms with Crippen molar-refractivity contribution in [1.29, 1.82) is 0 Å². The Morgan fingerprint density at radius 3 is 1.94 bits per heavy atom. The van der Waals surface area contributed by atoms with E-state index in [2.05, 4.69) is 5.48 Å². The number of nitrogens with zero attached hydrogens (tertiary/aromatic N) is 1. The van der Waals surface area contributed by atoms with Gasteiger partial charge in [-0.15, -0.1) is 0 Å². The third kappa shape index (κ3) is 5.63. The SMILES string of the molecule is CCOC(=O)c1c2ccc(CC(=O)NOCC(=O)N3CCCC3)ccc-2c(C(=O)OCC)c1N. The van der Waals surface area contributed by atoms with Crippen LogP contribution < -0.4 is 11.2 Å². The van der Waals surface area contributed by atoms with E-state index in [-0.39, 0.29) is 49.0 Å². The maximum atomic E-state index is 12.5. The minimum absolute atomic E-state index is 0.00605. The number of ether oxygens (including phenoxy) is 2. The molecule has 0 bridgehead atoms. The number of hydroxylamine groups is 1. The van der Waals surface area contributed by atoms with E-state index >= 15 is 0 Å². The summed E-state index contributed by atoms with van der Waals surface area (Å²) in [5.41, 5.74) is 10.00. The molecule has 0 aromatic carbocycles. The average molecular weight is 472 g/mol. The van der Waals surface area contributed by atoms with E-state index in [9.17, 15) is 19.2 Å². The van der Waals surface area contributed by atoms with Crippen molar-refractivity contribution in [3.8, 4) is 11.1 Å². The molecule has 0 atom stereocenters. The van der Waals surface area contributed by atoms with Crippen LogP contribution in [0.4, 0.5) is 5.69 Å². The highest BCUT2D eigenvalue weighted by atomic mass is 16.7. The van der Waals surface area contributed by atoms with Gasteiger partial charge in [0, 0.05) is 13.1 Å². The summed E-state index contributed by atoms with van der Waals surface area (Å²) >= 11 is 0. The van der Waals surface area contributed by atoms with Gasteiger partial charge in [-0.05, 0) is 43.4 Å². The molecule has 0 unspecified atom stereocenters. The third-order valence-electron chi connectivity index (χ3n) is 5.46. The van der Waals surface area contributed by atoms with Gasteiger partial charge in [0.05, 0.1) is 36.4 Å². The standard InChI is InChI=1S/C24H29N3O7/c1-3-32-23(30)20-16-9-7-15(8-10-17(16)21(22(20)25)24(31)33-4-2)13-18(28)26-34-14-19(29)27-11-5-6-12-27/h7-10H,3-6,11-14,25H2,1-2H3,(H,26,28). The fraction of sp³-hybridized carbons (Fsp3) is 0.417. The van der Waals surface area contributed by atoms with Crippen molar-refractivity contribution in [3.63, 3.8) is 0 Å². The first kappa shape index (κ1) is 25.0. The molecule has 10 nitrogen and oxygen atoms in total. The lowest BCUT2D eigenvalue weighted by molar-refractivity contribution is -0.143. The maximum absolute atomic E-state index is 12.5. The molecule has 34 heavy (non-hydrogen) atoms. The zero-order valence-corrected chi connectivity index (χ0v) is 19.3. The minimum Gasteiger partial charge on any atom is -0.462 e. The van der Waals surface area contributed by atoms with Gasteiger partial charge in [-0.1, -0.05) is 24.3 Å². The zero-order chi connectivity index (χ0) is 24.7. The van der Waals surface area contributed by atoms with Crippen LogP contribution in [-0.2, 0) is 30.3 Å². The molecule has 0 saturated carbocycles. The summed E-state index contributed by atoms with van der Waals surface area (Å²) in [5.74, 6) is -1.92. The van der Waals surface area contributed by atoms with Crippen LogP contribution in [0.15, 0.2) is 24.3 Å². The number of esters is 2. The van der Waals surface area contributed by atoms with Crippen LogP contribution in [-0.4, -0.2) is 61.6 Å². The van der Waals surface area contributed by atoms with E-state index in [0.29, 0.717) is 29.8 Å². The van der Waals surface area contributed by atoms with E-state index in [1.807, 2.05) is 0 Å². The van der Waals surface area contributed by atoms with Crippen molar-refractivity contribution in [2.45, 2.75) is 33.1 Å². The summed E-state index contributed by atoms with van der Waals surface area (Å²) in [6, 6.07) is 6.52. The summed E-state index contributed by atoms with van der Waals surface area (Å²) in [5, 5.41) is 0. The minimum atomic E-state index is -0.651. The van der Waals surface area contributed by atoms with Gasteiger partial charge in [0.1, 0.15) is 0 Å². The van der Waals surface area contributed by atoms with Crippen LogP contribution >= 0.6 is 0 Å². The lowest BCUT2D eigenvalue weighted by atomic mass is 10.1. The molecule has 0 aromatic heterocycles. The highest BCUT2D eigenvalue weighted by Crippen LogP contribution is 2.39. The van der Waals surface area contributed by atoms with Crippen molar-refractivity contribution < 1.29 is 33.5 Å². The molecular weight excluding hydrogens is 442 g/mol. The molecule has 1 saturated heterocycles. The van der Waals surface area contributed by atoms with Crippen LogP contribution in [0.2, 0.25) is 0 Å². The number of likely N-dealkylation sites (tertiary alicyclic amines) is 1. The van der Waals surface area contributed by atoms with E-state index in [4.69, 9.17) is 20.0 Å². The number of nitrogen functional groups attached to an aromatic ring is 1. The van der Waals surface area contributed by atoms with Crippen molar-refractivity contribution in [2.75, 3.05) is 38.6 Å². The monoisotopic (exact) mass is 471 g/mol. The number of hydrogen-bond acceptors (Lipinski definition) is 8. The number of amides is 2. The first-order chi connectivity index (χ1) is 16.4. The Balaban J connectivity index is 1.77. The smallest absolute Gasteiger partial charge is 0.340 e. The lowest BCUT2D eigenvalue weighted by Gasteiger charge is -2.14. The number of rotatable bonds is 9. The largest absolute Gasteiger partial charge is 0.462 e. The van der Waals surface area contributed by atoms with Crippen molar-refractivity contribution in [2.24, 2.45) is 0 Å². The number of carbonyl (C=O) groups is 4. The Kier molecular flexibility index (Phi) is 8.42. The van der Waals surface area contributed by atoms with Gasteiger partial charge >= 0.3 is 11.9 Å². The van der Waals surface area contributed by atoms with Crippen LogP contribution in [0.5, 0.6) is 0 Å². The van der Waals surface area contributed by atoms with Crippen LogP contribution in [0.1, 0.15) is 53.0 Å². The average Bonchev–Trinajstić information content (AvgIpc) is 3.37. The second-order valence-corrected chi connectivity index (χ2v) is 7.75. The maximum Gasteiger partial charge on any atom is 0.340 e. The summed E-state index contributed by atoms with van der Waals surface area (Å²) in [7, 11) is 0. The second-order valence-electron chi connectivity index (χ2n) is 7.75. The van der Waals surface area contributed by atoms with E-state index in [0.717, 1.165) is 12.8 Å². The van der Waals surface area contributed by atoms with Gasteiger partial charge in [-0.25, -0.2) is 15.1 Å². The Labute approximate surface area is 197 Å². The zero-order valence-electron chi connectivity index (χ0n) is 19.3. The second kappa shape index (κ2) is 11.5. The van der Waals surface area contributed by atoms with Crippen molar-refractivity contribution in [3.05, 3.63) is 41.0 Å². The Morgan fingerprint density at radius 2 is 1.44 bits per heavy atom. The topological polar surface area (TPSA) is 137 Å². The third-order valence-corrected chi connectivity index (χ3v) is 5.46. The van der Waals surface area contributed by atoms with Gasteiger partial charge < -0.3 is 20.1 Å². The number of hydrogen-bond donors (Lipinski definition) is 2. The highest BCUT2D eigenvalue weighted by molar-refractivity contribution is 6.15. The molecule has 182 valence electrons. The quantitative estimate of drug-likeness (QED) is 0.418. The van der Waals surface area contributed by atoms with Gasteiger partial charge in [-0.3, -0.25) is 14.4 Å². The number of nitrogens with one attached hydrogen (secondary N) is 1. The molecule has 0 aromatic rings. The highest BCUT2D eigenvalue weighted by Gasteiger charge is 2.30. The van der Waals surface area contributed by atoms with Crippen LogP contribution in [0.25, 0.3) is 11.1 Å². The Morgan fingerprint density at radius 1 is 0.912 bits per heavy atom. The molecule has 1 heterocycles. The molecule has 3 aliphatic rings. The number of fused-ring (bicyclic) bond motifs is 1. The Hall–Kier alpha value is -3.66. The number of anilines is 1. The van der Waals surface area contributed by atoms with Crippen LogP contribution in [0.3, 0.4) is 0 Å². The lowest BCUT2D eigenvalue weighted by Crippen LogP contribution is -2.35. The fourth-order valence-corrected chi connectivity index (χ4v) is 3.89. The predicted molar refractivity (Wildman–Crippen MR) is 123 cm³/mol. The molecule has 2 aliphatic carbocycles. The predicted octanol–water partition coefficient (Wildman–Crippen LogP) is 1.94. The molecule has 1 fully saturated rings. The van der Waals surface area contributed by atoms with Crippen molar-refractivity contribution >= 4 is 29.4 Å². The van der Waals surface area contributed by atoms with Gasteiger partial charge in [0.25, 0.3) is 5.91 Å². The molecule has 3 N–H and O–H groups in total. The first-order valence-electron chi connectivity index (χ1n) is 11.2. The summed E-state index contributed by atoms with van der Waals surface area (Å²) in [4.78, 5) is 56.1. The normalized spacial score (nSPS) is 13.1. The van der Waals surface area contributed by atoms with E-state index in [1.54, 1.807) is 43.0 Å². The van der Waals surface area contributed by atoms with Crippen molar-refractivity contribution in [1.82, 2.24) is 10.4 Å². The number of carbonyl (C=O) groups excluding carboxylic acids is 4. The Bertz CT molecular complexity index is 991. The van der Waals surface area contributed by atoms with Gasteiger partial charge in [0.15, 0.2) is 6.61 Å². The molecule has 10 heteroatoms. The molecular formula is C24H29N3O7. The number of nitrogens with two attached hydrogens (primary N) is 1.